The molecule has 0 fully saturated rings. The number of benzene rings is 3. The van der Waals surface area contributed by atoms with Crippen LogP contribution in [0.5, 0.6) is 0 Å². The Kier molecular flexibility index (Phi) is 8.26. The van der Waals surface area contributed by atoms with Gasteiger partial charge in [-0.25, -0.2) is 18.1 Å². The zero-order valence-electron chi connectivity index (χ0n) is 20.7. The third kappa shape index (κ3) is 6.56. The summed E-state index contributed by atoms with van der Waals surface area (Å²) < 4.78 is 28.5. The number of imidazole rings is 1. The highest BCUT2D eigenvalue weighted by atomic mass is 35.5. The molecule has 0 atom stereocenters. The number of fused-ring (bicyclic) bond motifs is 1. The predicted octanol–water partition coefficient (Wildman–Crippen LogP) is 6.59. The van der Waals surface area contributed by atoms with Gasteiger partial charge in [-0.2, -0.15) is 0 Å². The second kappa shape index (κ2) is 11.6. The number of halogens is 1. The number of aromatic nitrogens is 2. The molecule has 0 saturated carbocycles. The Hall–Kier alpha value is -3.68. The van der Waals surface area contributed by atoms with Gasteiger partial charge in [-0.15, -0.1) is 0 Å². The van der Waals surface area contributed by atoms with Gasteiger partial charge in [-0.3, -0.25) is 4.79 Å². The van der Waals surface area contributed by atoms with E-state index in [1.54, 1.807) is 18.2 Å². The van der Waals surface area contributed by atoms with Crippen molar-refractivity contribution in [2.45, 2.75) is 33.2 Å². The fourth-order valence-corrected chi connectivity index (χ4v) is 5.02. The number of sulfonamides is 1. The van der Waals surface area contributed by atoms with Crippen LogP contribution in [-0.2, 0) is 16.6 Å². The molecule has 4 aromatic rings. The molecule has 3 aromatic carbocycles. The number of carbonyl (C=O) groups is 1. The Bertz CT molecular complexity index is 1590. The first-order valence-corrected chi connectivity index (χ1v) is 13.9. The van der Waals surface area contributed by atoms with Crippen LogP contribution >= 0.6 is 11.6 Å². The average Bonchev–Trinajstić information content (AvgIpc) is 3.19. The number of nitrogens with zero attached hydrogens (tertiary/aromatic N) is 2. The minimum atomic E-state index is -3.87. The zero-order chi connectivity index (χ0) is 26.4. The maximum Gasteiger partial charge on any atom is 0.265 e. The van der Waals surface area contributed by atoms with E-state index >= 15 is 0 Å². The van der Waals surface area contributed by atoms with Gasteiger partial charge < -0.3 is 4.57 Å². The van der Waals surface area contributed by atoms with E-state index in [1.807, 2.05) is 79.1 Å². The van der Waals surface area contributed by atoms with E-state index in [-0.39, 0.29) is 5.56 Å². The van der Waals surface area contributed by atoms with Crippen LogP contribution in [0.1, 0.15) is 52.6 Å². The van der Waals surface area contributed by atoms with Crippen LogP contribution in [0, 0.1) is 6.92 Å². The topological polar surface area (TPSA) is 81.1 Å². The number of rotatable bonds is 9. The van der Waals surface area contributed by atoms with Crippen LogP contribution in [0.4, 0.5) is 0 Å². The molecular weight excluding hydrogens is 506 g/mol. The Labute approximate surface area is 222 Å². The number of unbranched alkanes of at least 4 members (excludes halogenated alkanes) is 1. The normalized spacial score (nSPS) is 12.1. The Balaban J connectivity index is 1.61. The molecule has 1 N–H and O–H groups in total. The number of amides is 1. The smallest absolute Gasteiger partial charge is 0.265 e. The predicted molar refractivity (Wildman–Crippen MR) is 151 cm³/mol. The summed E-state index contributed by atoms with van der Waals surface area (Å²) in [6.07, 6.45) is 6.96. The molecule has 4 rings (SSSR count). The molecule has 0 spiro atoms. The number of hydrogen-bond acceptors (Lipinski definition) is 4. The molecule has 6 nitrogen and oxygen atoms in total. The molecule has 37 heavy (non-hydrogen) atoms. The lowest BCUT2D eigenvalue weighted by molar-refractivity contribution is 0.0982. The van der Waals surface area contributed by atoms with Gasteiger partial charge in [0.2, 0.25) is 0 Å². The van der Waals surface area contributed by atoms with E-state index in [1.165, 1.54) is 6.08 Å². The summed E-state index contributed by atoms with van der Waals surface area (Å²) in [5, 5.41) is 1.66. The maximum absolute atomic E-state index is 12.7. The van der Waals surface area contributed by atoms with Gasteiger partial charge in [-0.1, -0.05) is 91.7 Å². The van der Waals surface area contributed by atoms with E-state index in [2.05, 4.69) is 9.71 Å². The SMILES string of the molecule is CCC/C=C/S(=O)(=O)NC(=O)c1ccc2nc(C)n(Cc3cccc(/C=C/c4ccccc4)c3Cl)c2c1. The van der Waals surface area contributed by atoms with Crippen molar-refractivity contribution in [1.29, 1.82) is 0 Å². The number of allylic oxidation sites excluding steroid dienone is 1. The Morgan fingerprint density at radius 3 is 2.59 bits per heavy atom. The minimum Gasteiger partial charge on any atom is -0.324 e. The first-order valence-electron chi connectivity index (χ1n) is 12.0. The van der Waals surface area contributed by atoms with E-state index in [9.17, 15) is 13.2 Å². The van der Waals surface area contributed by atoms with E-state index in [0.29, 0.717) is 29.0 Å². The molecule has 0 saturated heterocycles. The first kappa shape index (κ1) is 26.4. The summed E-state index contributed by atoms with van der Waals surface area (Å²) in [6, 6.07) is 20.8. The molecule has 8 heteroatoms. The number of nitrogens with one attached hydrogen (secondary N) is 1. The monoisotopic (exact) mass is 533 g/mol. The van der Waals surface area contributed by atoms with Gasteiger partial charge in [0, 0.05) is 11.0 Å². The lowest BCUT2D eigenvalue weighted by Crippen LogP contribution is -2.28. The number of hydrogen-bond donors (Lipinski definition) is 1. The zero-order valence-corrected chi connectivity index (χ0v) is 22.3. The largest absolute Gasteiger partial charge is 0.324 e. The summed E-state index contributed by atoms with van der Waals surface area (Å²) >= 11 is 6.78. The molecule has 0 bridgehead atoms. The standard InChI is InChI=1S/C29H28ClN3O3S/c1-3-4-8-18-37(35,36)32-29(34)24-16-17-26-27(19-24)33(21(2)31-26)20-25-13-9-12-23(28(25)30)15-14-22-10-6-5-7-11-22/h5-19H,3-4,20H2,1-2H3,(H,32,34)/b15-14+,18-8+. The third-order valence-electron chi connectivity index (χ3n) is 5.86. The van der Waals surface area contributed by atoms with Crippen LogP contribution in [0.15, 0.2) is 78.2 Å². The summed E-state index contributed by atoms with van der Waals surface area (Å²) in [7, 11) is -3.87. The van der Waals surface area contributed by atoms with E-state index < -0.39 is 15.9 Å². The molecule has 0 unspecified atom stereocenters. The van der Waals surface area contributed by atoms with Crippen molar-refractivity contribution >= 4 is 50.7 Å². The van der Waals surface area contributed by atoms with Crippen LogP contribution in [-0.4, -0.2) is 23.9 Å². The quantitative estimate of drug-likeness (QED) is 0.246. The first-order chi connectivity index (χ1) is 17.8. The van der Waals surface area contributed by atoms with Crippen molar-refractivity contribution in [2.24, 2.45) is 0 Å². The molecule has 0 aliphatic rings. The second-order valence-corrected chi connectivity index (χ2v) is 10.6. The van der Waals surface area contributed by atoms with Crippen LogP contribution < -0.4 is 4.72 Å². The van der Waals surface area contributed by atoms with E-state index in [4.69, 9.17) is 11.6 Å². The highest BCUT2D eigenvalue weighted by molar-refractivity contribution is 7.92. The molecule has 0 radical (unpaired) electrons. The lowest BCUT2D eigenvalue weighted by atomic mass is 10.1. The lowest BCUT2D eigenvalue weighted by Gasteiger charge is -2.11. The van der Waals surface area contributed by atoms with Gasteiger partial charge in [-0.05, 0) is 48.2 Å². The number of aryl methyl sites for hydroxylation is 1. The van der Waals surface area contributed by atoms with Gasteiger partial charge in [0.25, 0.3) is 15.9 Å². The van der Waals surface area contributed by atoms with Crippen molar-refractivity contribution in [3.05, 3.63) is 111 Å². The van der Waals surface area contributed by atoms with Gasteiger partial charge >= 0.3 is 0 Å². The van der Waals surface area contributed by atoms with Gasteiger partial charge in [0.05, 0.1) is 22.6 Å². The van der Waals surface area contributed by atoms with Crippen LogP contribution in [0.3, 0.4) is 0 Å². The average molecular weight is 534 g/mol. The Morgan fingerprint density at radius 2 is 1.84 bits per heavy atom. The Morgan fingerprint density at radius 1 is 1.05 bits per heavy atom. The second-order valence-electron chi connectivity index (χ2n) is 8.65. The van der Waals surface area contributed by atoms with Crippen LogP contribution in [0.2, 0.25) is 5.02 Å². The van der Waals surface area contributed by atoms with Gasteiger partial charge in [0.15, 0.2) is 0 Å². The fraction of sp³-hybridized carbons (Fsp3) is 0.172. The van der Waals surface area contributed by atoms with Crippen LogP contribution in [0.25, 0.3) is 23.2 Å². The minimum absolute atomic E-state index is 0.228. The van der Waals surface area contributed by atoms with Crippen molar-refractivity contribution in [2.75, 3.05) is 0 Å². The molecule has 0 aliphatic carbocycles. The summed E-state index contributed by atoms with van der Waals surface area (Å²) in [5.41, 5.74) is 4.52. The van der Waals surface area contributed by atoms with Crippen molar-refractivity contribution in [1.82, 2.24) is 14.3 Å². The summed E-state index contributed by atoms with van der Waals surface area (Å²) in [5.74, 6) is 0.0588. The van der Waals surface area contributed by atoms with Crippen molar-refractivity contribution in [3.8, 4) is 0 Å². The fourth-order valence-electron chi connectivity index (χ4n) is 3.94. The molecule has 1 heterocycles. The van der Waals surface area contributed by atoms with Crippen molar-refractivity contribution < 1.29 is 13.2 Å². The summed E-state index contributed by atoms with van der Waals surface area (Å²) in [6.45, 7) is 4.27. The molecule has 0 aliphatic heterocycles. The van der Waals surface area contributed by atoms with Crippen molar-refractivity contribution in [3.63, 3.8) is 0 Å². The molecular formula is C29H28ClN3O3S. The highest BCUT2D eigenvalue weighted by Gasteiger charge is 2.17. The molecule has 1 aromatic heterocycles. The van der Waals surface area contributed by atoms with Gasteiger partial charge in [0.1, 0.15) is 5.82 Å². The highest BCUT2D eigenvalue weighted by Crippen LogP contribution is 2.27. The number of carbonyl (C=O) groups excluding carboxylic acids is 1. The van der Waals surface area contributed by atoms with E-state index in [0.717, 1.165) is 34.3 Å². The summed E-state index contributed by atoms with van der Waals surface area (Å²) in [4.78, 5) is 17.3. The molecule has 190 valence electrons. The third-order valence-corrected chi connectivity index (χ3v) is 7.34. The maximum atomic E-state index is 12.7. The molecule has 1 amide bonds.